The standard InChI is InChI=1S/C16H21ClN2O/c17-14-5-2-1-4-13(14)12-19-10-3-6-16(8-11-19)7-9-18-15(16)20/h1-2,4-5H,3,6-12H2,(H,18,20)/t16-/m1/s1. The maximum atomic E-state index is 12.1. The first-order valence-corrected chi connectivity index (χ1v) is 7.81. The van der Waals surface area contributed by atoms with Crippen molar-refractivity contribution in [3.63, 3.8) is 0 Å². The first kappa shape index (κ1) is 13.9. The van der Waals surface area contributed by atoms with Gasteiger partial charge >= 0.3 is 0 Å². The number of carbonyl (C=O) groups excluding carboxylic acids is 1. The third-order valence-corrected chi connectivity index (χ3v) is 5.13. The third-order valence-electron chi connectivity index (χ3n) is 4.76. The lowest BCUT2D eigenvalue weighted by Gasteiger charge is -2.24. The zero-order chi connectivity index (χ0) is 14.0. The van der Waals surface area contributed by atoms with E-state index < -0.39 is 0 Å². The van der Waals surface area contributed by atoms with Gasteiger partial charge in [0.05, 0.1) is 5.41 Å². The minimum absolute atomic E-state index is 0.0881. The molecule has 0 aliphatic carbocycles. The molecular formula is C16H21ClN2O. The molecule has 108 valence electrons. The first-order valence-electron chi connectivity index (χ1n) is 7.44. The molecule has 1 amide bonds. The molecule has 20 heavy (non-hydrogen) atoms. The second kappa shape index (κ2) is 5.74. The Balaban J connectivity index is 1.66. The van der Waals surface area contributed by atoms with E-state index in [4.69, 9.17) is 11.6 Å². The van der Waals surface area contributed by atoms with Crippen LogP contribution < -0.4 is 5.32 Å². The molecule has 1 aromatic rings. The molecule has 2 fully saturated rings. The van der Waals surface area contributed by atoms with E-state index in [1.54, 1.807) is 0 Å². The van der Waals surface area contributed by atoms with E-state index in [9.17, 15) is 4.79 Å². The van der Waals surface area contributed by atoms with Crippen molar-refractivity contribution in [2.24, 2.45) is 5.41 Å². The monoisotopic (exact) mass is 292 g/mol. The van der Waals surface area contributed by atoms with E-state index >= 15 is 0 Å². The minimum atomic E-state index is -0.0881. The number of nitrogens with one attached hydrogen (secondary N) is 1. The van der Waals surface area contributed by atoms with Gasteiger partial charge in [-0.05, 0) is 50.4 Å². The van der Waals surface area contributed by atoms with E-state index in [-0.39, 0.29) is 11.3 Å². The summed E-state index contributed by atoms with van der Waals surface area (Å²) in [5.74, 6) is 0.275. The zero-order valence-electron chi connectivity index (χ0n) is 11.7. The summed E-state index contributed by atoms with van der Waals surface area (Å²) in [5.41, 5.74) is 1.09. The van der Waals surface area contributed by atoms with Gasteiger partial charge in [-0.15, -0.1) is 0 Å². The quantitative estimate of drug-likeness (QED) is 0.909. The van der Waals surface area contributed by atoms with Crippen LogP contribution in [0.3, 0.4) is 0 Å². The number of carbonyl (C=O) groups is 1. The van der Waals surface area contributed by atoms with Crippen LogP contribution in [-0.4, -0.2) is 30.4 Å². The van der Waals surface area contributed by atoms with Crippen molar-refractivity contribution < 1.29 is 4.79 Å². The van der Waals surface area contributed by atoms with E-state index in [1.807, 2.05) is 18.2 Å². The van der Waals surface area contributed by atoms with Crippen molar-refractivity contribution >= 4 is 17.5 Å². The fraction of sp³-hybridized carbons (Fsp3) is 0.562. The predicted molar refractivity (Wildman–Crippen MR) is 80.6 cm³/mol. The SMILES string of the molecule is O=C1NCC[C@@]12CCCN(Cc1ccccc1Cl)CC2. The zero-order valence-corrected chi connectivity index (χ0v) is 12.5. The summed E-state index contributed by atoms with van der Waals surface area (Å²) < 4.78 is 0. The molecule has 2 saturated heterocycles. The molecule has 1 atom stereocenters. The lowest BCUT2D eigenvalue weighted by molar-refractivity contribution is -0.128. The van der Waals surface area contributed by atoms with E-state index in [1.165, 1.54) is 5.56 Å². The predicted octanol–water partition coefficient (Wildman–Crippen LogP) is 2.83. The fourth-order valence-electron chi connectivity index (χ4n) is 3.47. The molecule has 0 radical (unpaired) electrons. The average molecular weight is 293 g/mol. The van der Waals surface area contributed by atoms with Gasteiger partial charge in [-0.25, -0.2) is 0 Å². The summed E-state index contributed by atoms with van der Waals surface area (Å²) in [4.78, 5) is 14.5. The highest BCUT2D eigenvalue weighted by molar-refractivity contribution is 6.31. The van der Waals surface area contributed by atoms with Crippen molar-refractivity contribution in [3.05, 3.63) is 34.9 Å². The molecule has 1 aromatic carbocycles. The van der Waals surface area contributed by atoms with Crippen LogP contribution in [0.5, 0.6) is 0 Å². The number of amides is 1. The smallest absolute Gasteiger partial charge is 0.226 e. The van der Waals surface area contributed by atoms with Crippen LogP contribution in [0.25, 0.3) is 0 Å². The molecule has 0 unspecified atom stereocenters. The fourth-order valence-corrected chi connectivity index (χ4v) is 3.66. The highest BCUT2D eigenvalue weighted by Gasteiger charge is 2.42. The van der Waals surface area contributed by atoms with Gasteiger partial charge in [0.15, 0.2) is 0 Å². The van der Waals surface area contributed by atoms with Crippen LogP contribution in [0.2, 0.25) is 5.02 Å². The second-order valence-corrected chi connectivity index (χ2v) is 6.41. The molecular weight excluding hydrogens is 272 g/mol. The van der Waals surface area contributed by atoms with E-state index in [0.717, 1.165) is 56.9 Å². The molecule has 2 aliphatic heterocycles. The summed E-state index contributed by atoms with van der Waals surface area (Å²) >= 11 is 6.24. The van der Waals surface area contributed by atoms with Crippen molar-refractivity contribution in [2.75, 3.05) is 19.6 Å². The maximum absolute atomic E-state index is 12.1. The Hall–Kier alpha value is -1.06. The van der Waals surface area contributed by atoms with Crippen LogP contribution >= 0.6 is 11.6 Å². The highest BCUT2D eigenvalue weighted by Crippen LogP contribution is 2.38. The maximum Gasteiger partial charge on any atom is 0.226 e. The molecule has 2 heterocycles. The van der Waals surface area contributed by atoms with Gasteiger partial charge in [-0.3, -0.25) is 9.69 Å². The van der Waals surface area contributed by atoms with Crippen LogP contribution in [0.1, 0.15) is 31.2 Å². The number of likely N-dealkylation sites (tertiary alicyclic amines) is 1. The molecule has 0 bridgehead atoms. The van der Waals surface area contributed by atoms with Gasteiger partial charge in [-0.2, -0.15) is 0 Å². The minimum Gasteiger partial charge on any atom is -0.356 e. The van der Waals surface area contributed by atoms with Crippen molar-refractivity contribution in [3.8, 4) is 0 Å². The Morgan fingerprint density at radius 1 is 1.20 bits per heavy atom. The molecule has 1 spiro atoms. The lowest BCUT2D eigenvalue weighted by atomic mass is 9.79. The van der Waals surface area contributed by atoms with Crippen molar-refractivity contribution in [1.29, 1.82) is 0 Å². The number of benzene rings is 1. The number of rotatable bonds is 2. The molecule has 3 rings (SSSR count). The topological polar surface area (TPSA) is 32.3 Å². The van der Waals surface area contributed by atoms with Gasteiger partial charge in [0.1, 0.15) is 0 Å². The van der Waals surface area contributed by atoms with Crippen LogP contribution in [0, 0.1) is 5.41 Å². The van der Waals surface area contributed by atoms with Crippen LogP contribution in [0.15, 0.2) is 24.3 Å². The summed E-state index contributed by atoms with van der Waals surface area (Å²) in [6.45, 7) is 3.78. The Morgan fingerprint density at radius 3 is 2.80 bits per heavy atom. The molecule has 3 nitrogen and oxygen atoms in total. The number of hydrogen-bond donors (Lipinski definition) is 1. The molecule has 4 heteroatoms. The molecule has 0 saturated carbocycles. The van der Waals surface area contributed by atoms with E-state index in [0.29, 0.717) is 0 Å². The molecule has 2 aliphatic rings. The largest absolute Gasteiger partial charge is 0.356 e. The Bertz CT molecular complexity index is 505. The Kier molecular flexibility index (Phi) is 3.99. The van der Waals surface area contributed by atoms with Gasteiger partial charge in [-0.1, -0.05) is 29.8 Å². The lowest BCUT2D eigenvalue weighted by Crippen LogP contribution is -2.32. The van der Waals surface area contributed by atoms with Gasteiger partial charge in [0.2, 0.25) is 5.91 Å². The van der Waals surface area contributed by atoms with E-state index in [2.05, 4.69) is 16.3 Å². The van der Waals surface area contributed by atoms with Crippen LogP contribution in [-0.2, 0) is 11.3 Å². The van der Waals surface area contributed by atoms with Gasteiger partial charge in [0.25, 0.3) is 0 Å². The first-order chi connectivity index (χ1) is 9.70. The second-order valence-electron chi connectivity index (χ2n) is 6.01. The van der Waals surface area contributed by atoms with Gasteiger partial charge in [0, 0.05) is 18.1 Å². The number of halogens is 1. The summed E-state index contributed by atoms with van der Waals surface area (Å²) in [5, 5.41) is 3.84. The third kappa shape index (κ3) is 2.70. The van der Waals surface area contributed by atoms with Crippen LogP contribution in [0.4, 0.5) is 0 Å². The number of hydrogen-bond acceptors (Lipinski definition) is 2. The normalized spacial score (nSPS) is 27.6. The Labute approximate surface area is 125 Å². The summed E-state index contributed by atoms with van der Waals surface area (Å²) in [7, 11) is 0. The molecule has 1 N–H and O–H groups in total. The van der Waals surface area contributed by atoms with Gasteiger partial charge < -0.3 is 5.32 Å². The molecule has 0 aromatic heterocycles. The Morgan fingerprint density at radius 2 is 2.05 bits per heavy atom. The summed E-state index contributed by atoms with van der Waals surface area (Å²) in [6, 6.07) is 8.03. The summed E-state index contributed by atoms with van der Waals surface area (Å²) in [6.07, 6.45) is 4.10. The van der Waals surface area contributed by atoms with Crippen molar-refractivity contribution in [2.45, 2.75) is 32.2 Å². The van der Waals surface area contributed by atoms with Crippen molar-refractivity contribution in [1.82, 2.24) is 10.2 Å². The average Bonchev–Trinajstić information content (AvgIpc) is 2.67. The number of nitrogens with zero attached hydrogens (tertiary/aromatic N) is 1. The highest BCUT2D eigenvalue weighted by atomic mass is 35.5.